The highest BCUT2D eigenvalue weighted by atomic mass is 16.2. The van der Waals surface area contributed by atoms with Crippen molar-refractivity contribution < 1.29 is 9.59 Å². The molecular formula is C15H14O2. The van der Waals surface area contributed by atoms with E-state index in [-0.39, 0.29) is 11.6 Å². The predicted octanol–water partition coefficient (Wildman–Crippen LogP) is 2.96. The highest BCUT2D eigenvalue weighted by Gasteiger charge is 2.40. The Morgan fingerprint density at radius 2 is 1.82 bits per heavy atom. The summed E-state index contributed by atoms with van der Waals surface area (Å²) in [4.78, 5) is 24.3. The molecule has 0 spiro atoms. The first-order valence-electron chi connectivity index (χ1n) is 5.62. The van der Waals surface area contributed by atoms with Gasteiger partial charge in [0.15, 0.2) is 5.78 Å². The fourth-order valence-corrected chi connectivity index (χ4v) is 2.06. The molecule has 0 saturated heterocycles. The molecule has 1 atom stereocenters. The number of allylic oxidation sites excluding steroid dienone is 4. The fourth-order valence-electron chi connectivity index (χ4n) is 2.06. The average molecular weight is 226 g/mol. The van der Waals surface area contributed by atoms with Gasteiger partial charge in [-0.3, -0.25) is 9.59 Å². The molecule has 1 unspecified atom stereocenters. The Hall–Kier alpha value is -1.96. The van der Waals surface area contributed by atoms with Gasteiger partial charge >= 0.3 is 0 Å². The van der Waals surface area contributed by atoms with Crippen LogP contribution in [0, 0.1) is 5.41 Å². The van der Waals surface area contributed by atoms with Crippen LogP contribution in [0.1, 0.15) is 23.7 Å². The molecule has 0 heterocycles. The topological polar surface area (TPSA) is 34.1 Å². The number of benzene rings is 1. The molecule has 1 aromatic rings. The summed E-state index contributed by atoms with van der Waals surface area (Å²) < 4.78 is 0. The molecule has 0 bridgehead atoms. The van der Waals surface area contributed by atoms with Crippen molar-refractivity contribution in [2.75, 3.05) is 0 Å². The van der Waals surface area contributed by atoms with E-state index in [1.165, 1.54) is 6.92 Å². The minimum Gasteiger partial charge on any atom is -0.299 e. The van der Waals surface area contributed by atoms with Gasteiger partial charge in [0.1, 0.15) is 11.2 Å². The van der Waals surface area contributed by atoms with Crippen LogP contribution in [-0.2, 0) is 4.79 Å². The van der Waals surface area contributed by atoms with Crippen molar-refractivity contribution >= 4 is 11.6 Å². The summed E-state index contributed by atoms with van der Waals surface area (Å²) >= 11 is 0. The zero-order chi connectivity index (χ0) is 12.3. The lowest BCUT2D eigenvalue weighted by Gasteiger charge is -2.26. The lowest BCUT2D eigenvalue weighted by atomic mass is 9.72. The van der Waals surface area contributed by atoms with Crippen LogP contribution in [-0.4, -0.2) is 11.6 Å². The normalized spacial score (nSPS) is 22.4. The van der Waals surface area contributed by atoms with Crippen molar-refractivity contribution in [3.63, 3.8) is 0 Å². The molecule has 0 amide bonds. The summed E-state index contributed by atoms with van der Waals surface area (Å²) in [6.45, 7) is 1.48. The Kier molecular flexibility index (Phi) is 3.05. The number of carbonyl (C=O) groups excluding carboxylic acids is 2. The molecule has 0 saturated carbocycles. The van der Waals surface area contributed by atoms with Gasteiger partial charge in [0.2, 0.25) is 0 Å². The second kappa shape index (κ2) is 4.50. The van der Waals surface area contributed by atoms with Crippen LogP contribution in [0.5, 0.6) is 0 Å². The van der Waals surface area contributed by atoms with E-state index in [1.54, 1.807) is 24.3 Å². The van der Waals surface area contributed by atoms with Gasteiger partial charge in [0.05, 0.1) is 0 Å². The minimum atomic E-state index is -1.00. The SMILES string of the molecule is CC(=O)C1(C(=O)c2ccccc2)C=CC=CC1. The molecule has 0 aromatic heterocycles. The maximum absolute atomic E-state index is 12.5. The highest BCUT2D eigenvalue weighted by molar-refractivity contribution is 6.15. The molecule has 2 rings (SSSR count). The second-order valence-corrected chi connectivity index (χ2v) is 4.21. The van der Waals surface area contributed by atoms with Crippen molar-refractivity contribution in [1.82, 2.24) is 0 Å². The van der Waals surface area contributed by atoms with Crippen LogP contribution in [0.25, 0.3) is 0 Å². The number of Topliss-reactive ketones (excluding diaryl/α,β-unsaturated/α-hetero) is 2. The van der Waals surface area contributed by atoms with Gasteiger partial charge in [-0.15, -0.1) is 0 Å². The van der Waals surface area contributed by atoms with E-state index < -0.39 is 5.41 Å². The molecule has 86 valence electrons. The van der Waals surface area contributed by atoms with Crippen LogP contribution in [0.4, 0.5) is 0 Å². The third kappa shape index (κ3) is 1.98. The van der Waals surface area contributed by atoms with E-state index in [4.69, 9.17) is 0 Å². The first-order valence-corrected chi connectivity index (χ1v) is 5.62. The molecule has 0 fully saturated rings. The molecule has 1 aliphatic carbocycles. The lowest BCUT2D eigenvalue weighted by molar-refractivity contribution is -0.122. The molecule has 2 nitrogen and oxygen atoms in total. The van der Waals surface area contributed by atoms with E-state index in [9.17, 15) is 9.59 Å². The van der Waals surface area contributed by atoms with Crippen molar-refractivity contribution in [2.24, 2.45) is 5.41 Å². The van der Waals surface area contributed by atoms with E-state index in [1.807, 2.05) is 30.4 Å². The summed E-state index contributed by atoms with van der Waals surface area (Å²) in [5.41, 5.74) is -0.418. The molecule has 0 N–H and O–H groups in total. The summed E-state index contributed by atoms with van der Waals surface area (Å²) in [6.07, 6.45) is 7.66. The lowest BCUT2D eigenvalue weighted by Crippen LogP contribution is -2.36. The molecule has 0 aliphatic heterocycles. The van der Waals surface area contributed by atoms with Crippen molar-refractivity contribution in [3.8, 4) is 0 Å². The van der Waals surface area contributed by atoms with Gasteiger partial charge in [-0.2, -0.15) is 0 Å². The zero-order valence-electron chi connectivity index (χ0n) is 9.72. The first-order chi connectivity index (χ1) is 8.17. The number of carbonyl (C=O) groups is 2. The fraction of sp³-hybridized carbons (Fsp3) is 0.200. The third-order valence-electron chi connectivity index (χ3n) is 3.14. The molecule has 1 aromatic carbocycles. The van der Waals surface area contributed by atoms with Crippen LogP contribution < -0.4 is 0 Å². The number of hydrogen-bond donors (Lipinski definition) is 0. The van der Waals surface area contributed by atoms with Crippen LogP contribution >= 0.6 is 0 Å². The van der Waals surface area contributed by atoms with Crippen molar-refractivity contribution in [1.29, 1.82) is 0 Å². The minimum absolute atomic E-state index is 0.105. The summed E-state index contributed by atoms with van der Waals surface area (Å²) in [5, 5.41) is 0. The van der Waals surface area contributed by atoms with Gasteiger partial charge in [0, 0.05) is 5.56 Å². The molecular weight excluding hydrogens is 212 g/mol. The standard InChI is InChI=1S/C15H14O2/c1-12(16)15(10-6-3-7-11-15)14(17)13-8-4-2-5-9-13/h2-10H,11H2,1H3. The molecule has 0 radical (unpaired) electrons. The number of hydrogen-bond acceptors (Lipinski definition) is 2. The number of ketones is 2. The van der Waals surface area contributed by atoms with Gasteiger partial charge in [-0.25, -0.2) is 0 Å². The van der Waals surface area contributed by atoms with E-state index in [0.717, 1.165) is 0 Å². The number of rotatable bonds is 3. The Bertz CT molecular complexity index is 497. The van der Waals surface area contributed by atoms with E-state index in [2.05, 4.69) is 0 Å². The largest absolute Gasteiger partial charge is 0.299 e. The Balaban J connectivity index is 2.43. The quantitative estimate of drug-likeness (QED) is 0.586. The zero-order valence-corrected chi connectivity index (χ0v) is 9.72. The summed E-state index contributed by atoms with van der Waals surface area (Å²) in [7, 11) is 0. The van der Waals surface area contributed by atoms with Crippen LogP contribution in [0.3, 0.4) is 0 Å². The van der Waals surface area contributed by atoms with Gasteiger partial charge < -0.3 is 0 Å². The van der Waals surface area contributed by atoms with Crippen molar-refractivity contribution in [3.05, 3.63) is 60.2 Å². The second-order valence-electron chi connectivity index (χ2n) is 4.21. The summed E-state index contributed by atoms with van der Waals surface area (Å²) in [5.74, 6) is -0.224. The first kappa shape index (κ1) is 11.5. The Labute approximate surface area is 101 Å². The Morgan fingerprint density at radius 3 is 2.35 bits per heavy atom. The highest BCUT2D eigenvalue weighted by Crippen LogP contribution is 2.33. The third-order valence-corrected chi connectivity index (χ3v) is 3.14. The van der Waals surface area contributed by atoms with Crippen molar-refractivity contribution in [2.45, 2.75) is 13.3 Å². The predicted molar refractivity (Wildman–Crippen MR) is 66.8 cm³/mol. The van der Waals surface area contributed by atoms with Gasteiger partial charge in [0.25, 0.3) is 0 Å². The Morgan fingerprint density at radius 1 is 1.12 bits per heavy atom. The van der Waals surface area contributed by atoms with E-state index in [0.29, 0.717) is 12.0 Å². The van der Waals surface area contributed by atoms with Crippen LogP contribution in [0.15, 0.2) is 54.6 Å². The smallest absolute Gasteiger partial charge is 0.180 e. The van der Waals surface area contributed by atoms with Gasteiger partial charge in [-0.1, -0.05) is 54.6 Å². The molecule has 2 heteroatoms. The average Bonchev–Trinajstić information content (AvgIpc) is 2.39. The van der Waals surface area contributed by atoms with Gasteiger partial charge in [-0.05, 0) is 13.3 Å². The molecule has 17 heavy (non-hydrogen) atoms. The monoisotopic (exact) mass is 226 g/mol. The maximum Gasteiger partial charge on any atom is 0.180 e. The molecule has 1 aliphatic rings. The van der Waals surface area contributed by atoms with E-state index >= 15 is 0 Å². The van der Waals surface area contributed by atoms with Crippen LogP contribution in [0.2, 0.25) is 0 Å². The summed E-state index contributed by atoms with van der Waals surface area (Å²) in [6, 6.07) is 8.97. The maximum atomic E-state index is 12.5.